The van der Waals surface area contributed by atoms with Crippen molar-refractivity contribution in [2.75, 3.05) is 13.6 Å². The second-order valence-electron chi connectivity index (χ2n) is 5.56. The highest BCUT2D eigenvalue weighted by Gasteiger charge is 2.36. The highest BCUT2D eigenvalue weighted by molar-refractivity contribution is 7.89. The zero-order valence-electron chi connectivity index (χ0n) is 11.8. The third-order valence-corrected chi connectivity index (χ3v) is 5.91. The molecule has 0 saturated heterocycles. The van der Waals surface area contributed by atoms with E-state index in [0.717, 1.165) is 17.1 Å². The van der Waals surface area contributed by atoms with Gasteiger partial charge in [0.05, 0.1) is 10.5 Å². The number of nitrogens with zero attached hydrogens (tertiary/aromatic N) is 1. The van der Waals surface area contributed by atoms with Gasteiger partial charge in [0.1, 0.15) is 5.82 Å². The fourth-order valence-corrected chi connectivity index (χ4v) is 4.21. The topological polar surface area (TPSA) is 57.6 Å². The van der Waals surface area contributed by atoms with E-state index in [9.17, 15) is 17.9 Å². The number of sulfonamides is 1. The van der Waals surface area contributed by atoms with Gasteiger partial charge in [0.15, 0.2) is 0 Å². The van der Waals surface area contributed by atoms with E-state index in [1.165, 1.54) is 32.2 Å². The Bertz CT molecular complexity index is 594. The quantitative estimate of drug-likeness (QED) is 0.926. The fourth-order valence-electron chi connectivity index (χ4n) is 2.73. The standard InChI is InChI=1S/C14H20FNO3S/c1-11-12(15)6-5-7-13(11)20(18,19)16(2)10-14(17)8-3-4-9-14/h5-7,17H,3-4,8-10H2,1-2H3. The number of hydrogen-bond acceptors (Lipinski definition) is 3. The van der Waals surface area contributed by atoms with Crippen molar-refractivity contribution in [2.45, 2.75) is 43.1 Å². The van der Waals surface area contributed by atoms with Gasteiger partial charge in [0.25, 0.3) is 0 Å². The molecule has 112 valence electrons. The van der Waals surface area contributed by atoms with Crippen LogP contribution in [0.5, 0.6) is 0 Å². The molecule has 1 N–H and O–H groups in total. The Morgan fingerprint density at radius 2 is 1.95 bits per heavy atom. The first-order valence-corrected chi connectivity index (χ1v) is 8.14. The average Bonchev–Trinajstić information content (AvgIpc) is 2.79. The van der Waals surface area contributed by atoms with Crippen LogP contribution >= 0.6 is 0 Å². The number of halogens is 1. The van der Waals surface area contributed by atoms with Gasteiger partial charge in [-0.05, 0) is 31.9 Å². The summed E-state index contributed by atoms with van der Waals surface area (Å²) in [6.45, 7) is 1.49. The maximum Gasteiger partial charge on any atom is 0.243 e. The van der Waals surface area contributed by atoms with Gasteiger partial charge in [-0.15, -0.1) is 0 Å². The molecule has 20 heavy (non-hydrogen) atoms. The van der Waals surface area contributed by atoms with Crippen LogP contribution in [-0.2, 0) is 10.0 Å². The van der Waals surface area contributed by atoms with Crippen molar-refractivity contribution in [2.24, 2.45) is 0 Å². The minimum Gasteiger partial charge on any atom is -0.389 e. The predicted molar refractivity (Wildman–Crippen MR) is 74.4 cm³/mol. The summed E-state index contributed by atoms with van der Waals surface area (Å²) in [4.78, 5) is -0.0402. The molecule has 1 saturated carbocycles. The lowest BCUT2D eigenvalue weighted by Gasteiger charge is -2.28. The number of rotatable bonds is 4. The predicted octanol–water partition coefficient (Wildman–Crippen LogP) is 2.06. The van der Waals surface area contributed by atoms with Crippen molar-refractivity contribution in [1.29, 1.82) is 0 Å². The van der Waals surface area contributed by atoms with E-state index >= 15 is 0 Å². The molecule has 0 amide bonds. The molecule has 0 unspecified atom stereocenters. The molecule has 0 aliphatic heterocycles. The van der Waals surface area contributed by atoms with Crippen molar-refractivity contribution in [3.05, 3.63) is 29.6 Å². The minimum atomic E-state index is -3.78. The summed E-state index contributed by atoms with van der Waals surface area (Å²) in [7, 11) is -2.36. The van der Waals surface area contributed by atoms with E-state index in [0.29, 0.717) is 12.8 Å². The van der Waals surface area contributed by atoms with Crippen LogP contribution in [0.2, 0.25) is 0 Å². The first-order chi connectivity index (χ1) is 9.26. The highest BCUT2D eigenvalue weighted by Crippen LogP contribution is 2.31. The molecule has 0 bridgehead atoms. The van der Waals surface area contributed by atoms with E-state index in [2.05, 4.69) is 0 Å². The van der Waals surface area contributed by atoms with Crippen LogP contribution in [0.4, 0.5) is 4.39 Å². The Morgan fingerprint density at radius 1 is 1.35 bits per heavy atom. The van der Waals surface area contributed by atoms with Crippen LogP contribution < -0.4 is 0 Å². The lowest BCUT2D eigenvalue weighted by Crippen LogP contribution is -2.42. The Labute approximate surface area is 119 Å². The van der Waals surface area contributed by atoms with E-state index < -0.39 is 21.4 Å². The average molecular weight is 301 g/mol. The van der Waals surface area contributed by atoms with E-state index in [4.69, 9.17) is 0 Å². The zero-order valence-corrected chi connectivity index (χ0v) is 12.6. The first-order valence-electron chi connectivity index (χ1n) is 6.70. The van der Waals surface area contributed by atoms with Gasteiger partial charge in [0, 0.05) is 19.2 Å². The monoisotopic (exact) mass is 301 g/mol. The molecule has 1 fully saturated rings. The molecular formula is C14H20FNO3S. The highest BCUT2D eigenvalue weighted by atomic mass is 32.2. The van der Waals surface area contributed by atoms with Crippen LogP contribution in [0.25, 0.3) is 0 Å². The molecule has 1 aromatic rings. The number of likely N-dealkylation sites (N-methyl/N-ethyl adjacent to an activating group) is 1. The fraction of sp³-hybridized carbons (Fsp3) is 0.571. The smallest absolute Gasteiger partial charge is 0.243 e. The van der Waals surface area contributed by atoms with Gasteiger partial charge in [-0.2, -0.15) is 4.31 Å². The number of aliphatic hydroxyl groups is 1. The van der Waals surface area contributed by atoms with E-state index in [-0.39, 0.29) is 17.0 Å². The molecule has 2 rings (SSSR count). The molecule has 0 aromatic heterocycles. The van der Waals surface area contributed by atoms with Gasteiger partial charge in [-0.1, -0.05) is 18.9 Å². The molecule has 0 radical (unpaired) electrons. The van der Waals surface area contributed by atoms with Crippen molar-refractivity contribution in [3.8, 4) is 0 Å². The SMILES string of the molecule is Cc1c(F)cccc1S(=O)(=O)N(C)CC1(O)CCCC1. The lowest BCUT2D eigenvalue weighted by molar-refractivity contribution is 0.0333. The van der Waals surface area contributed by atoms with Crippen molar-refractivity contribution < 1.29 is 17.9 Å². The third-order valence-electron chi connectivity index (χ3n) is 3.96. The molecule has 1 aromatic carbocycles. The van der Waals surface area contributed by atoms with E-state index in [1.807, 2.05) is 0 Å². The molecule has 1 aliphatic rings. The number of benzene rings is 1. The molecule has 6 heteroatoms. The van der Waals surface area contributed by atoms with Crippen molar-refractivity contribution in [1.82, 2.24) is 4.31 Å². The van der Waals surface area contributed by atoms with Gasteiger partial charge >= 0.3 is 0 Å². The normalized spacial score (nSPS) is 18.6. The maximum atomic E-state index is 13.5. The second kappa shape index (κ2) is 5.42. The summed E-state index contributed by atoms with van der Waals surface area (Å²) >= 11 is 0. The minimum absolute atomic E-state index is 0.0402. The summed E-state index contributed by atoms with van der Waals surface area (Å²) in [5.41, 5.74) is -0.846. The van der Waals surface area contributed by atoms with Crippen LogP contribution in [0.15, 0.2) is 23.1 Å². The Kier molecular flexibility index (Phi) is 4.18. The van der Waals surface area contributed by atoms with Crippen LogP contribution in [0.3, 0.4) is 0 Å². The lowest BCUT2D eigenvalue weighted by atomic mass is 10.0. The number of hydrogen-bond donors (Lipinski definition) is 1. The van der Waals surface area contributed by atoms with Crippen molar-refractivity contribution in [3.63, 3.8) is 0 Å². The van der Waals surface area contributed by atoms with Gasteiger partial charge in [-0.25, -0.2) is 12.8 Å². The summed E-state index contributed by atoms with van der Waals surface area (Å²) < 4.78 is 39.6. The van der Waals surface area contributed by atoms with Crippen LogP contribution in [-0.4, -0.2) is 37.0 Å². The molecule has 0 spiro atoms. The maximum absolute atomic E-state index is 13.5. The molecule has 0 heterocycles. The van der Waals surface area contributed by atoms with Gasteiger partial charge < -0.3 is 5.11 Å². The molecular weight excluding hydrogens is 281 g/mol. The molecule has 0 atom stereocenters. The summed E-state index contributed by atoms with van der Waals surface area (Å²) in [5.74, 6) is -0.543. The Morgan fingerprint density at radius 3 is 2.55 bits per heavy atom. The van der Waals surface area contributed by atoms with Crippen LogP contribution in [0.1, 0.15) is 31.2 Å². The summed E-state index contributed by atoms with van der Waals surface area (Å²) in [6.07, 6.45) is 3.02. The molecule has 1 aliphatic carbocycles. The Hall–Kier alpha value is -0.980. The largest absolute Gasteiger partial charge is 0.389 e. The third kappa shape index (κ3) is 2.87. The van der Waals surface area contributed by atoms with Crippen LogP contribution in [0, 0.1) is 12.7 Å². The van der Waals surface area contributed by atoms with Crippen molar-refractivity contribution >= 4 is 10.0 Å². The Balaban J connectivity index is 2.28. The van der Waals surface area contributed by atoms with Gasteiger partial charge in [-0.3, -0.25) is 0 Å². The van der Waals surface area contributed by atoms with E-state index in [1.54, 1.807) is 0 Å². The summed E-state index contributed by atoms with van der Waals surface area (Å²) in [6, 6.07) is 4.01. The molecule has 4 nitrogen and oxygen atoms in total. The zero-order chi connectivity index (χ0) is 15.0. The first kappa shape index (κ1) is 15.4. The van der Waals surface area contributed by atoms with Gasteiger partial charge in [0.2, 0.25) is 10.0 Å². The second-order valence-corrected chi connectivity index (χ2v) is 7.57. The summed E-state index contributed by atoms with van der Waals surface area (Å²) in [5, 5.41) is 10.3.